The maximum atomic E-state index is 13.3. The summed E-state index contributed by atoms with van der Waals surface area (Å²) in [6, 6.07) is 0.350. The van der Waals surface area contributed by atoms with Crippen LogP contribution in [0.4, 0.5) is 19.0 Å². The molecule has 176 valence electrons. The fraction of sp³-hybridized carbons (Fsp3) is 0.579. The van der Waals surface area contributed by atoms with Crippen LogP contribution in [0.1, 0.15) is 24.8 Å². The second-order valence-electron chi connectivity index (χ2n) is 8.07. The maximum absolute atomic E-state index is 13.3. The molecule has 2 aromatic rings. The van der Waals surface area contributed by atoms with E-state index < -0.39 is 32.8 Å². The molecule has 2 aromatic heterocycles. The molecule has 13 heteroatoms. The number of nitrogens with zero attached hydrogens (tertiary/aromatic N) is 4. The van der Waals surface area contributed by atoms with Crippen LogP contribution in [0, 0.1) is 5.92 Å². The number of sulfonamides is 1. The van der Waals surface area contributed by atoms with E-state index in [4.69, 9.17) is 16.3 Å². The van der Waals surface area contributed by atoms with Crippen molar-refractivity contribution in [2.45, 2.75) is 42.6 Å². The van der Waals surface area contributed by atoms with Gasteiger partial charge in [0.1, 0.15) is 5.82 Å². The highest BCUT2D eigenvalue weighted by molar-refractivity contribution is 7.89. The van der Waals surface area contributed by atoms with Crippen molar-refractivity contribution in [1.29, 1.82) is 0 Å². The first kappa shape index (κ1) is 23.3. The lowest BCUT2D eigenvalue weighted by Gasteiger charge is -2.31. The van der Waals surface area contributed by atoms with Gasteiger partial charge in [-0.2, -0.15) is 17.5 Å². The van der Waals surface area contributed by atoms with Crippen LogP contribution in [0.15, 0.2) is 29.8 Å². The number of nitrogens with one attached hydrogen (secondary N) is 1. The Kier molecular flexibility index (Phi) is 6.40. The Morgan fingerprint density at radius 2 is 2.03 bits per heavy atom. The molecule has 0 saturated carbocycles. The van der Waals surface area contributed by atoms with E-state index in [1.165, 1.54) is 21.4 Å². The van der Waals surface area contributed by atoms with Gasteiger partial charge in [0, 0.05) is 51.1 Å². The van der Waals surface area contributed by atoms with E-state index in [1.54, 1.807) is 7.05 Å². The Hall–Kier alpha value is -1.89. The van der Waals surface area contributed by atoms with Crippen molar-refractivity contribution in [1.82, 2.24) is 18.8 Å². The molecule has 0 amide bonds. The fourth-order valence-electron chi connectivity index (χ4n) is 4.20. The van der Waals surface area contributed by atoms with Gasteiger partial charge >= 0.3 is 6.18 Å². The van der Waals surface area contributed by atoms with E-state index in [0.717, 1.165) is 31.5 Å². The number of imidazole rings is 1. The van der Waals surface area contributed by atoms with Crippen LogP contribution in [0.2, 0.25) is 5.02 Å². The third-order valence-electron chi connectivity index (χ3n) is 5.80. The lowest BCUT2D eigenvalue weighted by Crippen LogP contribution is -2.39. The van der Waals surface area contributed by atoms with Crippen molar-refractivity contribution < 1.29 is 26.3 Å². The van der Waals surface area contributed by atoms with E-state index in [9.17, 15) is 21.6 Å². The lowest BCUT2D eigenvalue weighted by molar-refractivity contribution is -0.137. The Labute approximate surface area is 188 Å². The Bertz CT molecular complexity index is 1070. The number of hydrogen-bond acceptors (Lipinski definition) is 6. The van der Waals surface area contributed by atoms with Crippen LogP contribution in [0.5, 0.6) is 0 Å². The molecule has 2 aliphatic rings. The van der Waals surface area contributed by atoms with Gasteiger partial charge in [-0.1, -0.05) is 11.6 Å². The van der Waals surface area contributed by atoms with Crippen molar-refractivity contribution in [2.75, 3.05) is 25.0 Å². The van der Waals surface area contributed by atoms with Gasteiger partial charge in [-0.3, -0.25) is 0 Å². The summed E-state index contributed by atoms with van der Waals surface area (Å²) in [4.78, 5) is 7.93. The molecule has 0 aromatic carbocycles. The molecule has 0 aliphatic carbocycles. The molecule has 2 saturated heterocycles. The molecule has 8 nitrogen and oxygen atoms in total. The Morgan fingerprint density at radius 1 is 1.25 bits per heavy atom. The fourth-order valence-corrected chi connectivity index (χ4v) is 5.88. The molecule has 32 heavy (non-hydrogen) atoms. The largest absolute Gasteiger partial charge is 0.418 e. The van der Waals surface area contributed by atoms with Crippen LogP contribution < -0.4 is 5.32 Å². The predicted molar refractivity (Wildman–Crippen MR) is 111 cm³/mol. The summed E-state index contributed by atoms with van der Waals surface area (Å²) >= 11 is 5.67. The van der Waals surface area contributed by atoms with Gasteiger partial charge in [0.15, 0.2) is 5.03 Å². The van der Waals surface area contributed by atoms with Gasteiger partial charge in [-0.15, -0.1) is 0 Å². The molecule has 4 heterocycles. The molecule has 4 rings (SSSR count). The average molecular weight is 494 g/mol. The third-order valence-corrected chi connectivity index (χ3v) is 7.82. The molecule has 1 unspecified atom stereocenters. The van der Waals surface area contributed by atoms with E-state index in [2.05, 4.69) is 15.3 Å². The van der Waals surface area contributed by atoms with Crippen LogP contribution >= 0.6 is 11.6 Å². The van der Waals surface area contributed by atoms with Gasteiger partial charge in [0.2, 0.25) is 0 Å². The highest BCUT2D eigenvalue weighted by atomic mass is 35.5. The molecule has 3 atom stereocenters. The average Bonchev–Trinajstić information content (AvgIpc) is 3.36. The third kappa shape index (κ3) is 4.73. The minimum Gasteiger partial charge on any atom is -0.378 e. The van der Waals surface area contributed by atoms with Gasteiger partial charge in [0.05, 0.1) is 23.0 Å². The Morgan fingerprint density at radius 3 is 2.66 bits per heavy atom. The Balaban J connectivity index is 1.61. The van der Waals surface area contributed by atoms with Gasteiger partial charge in [0.25, 0.3) is 10.0 Å². The summed E-state index contributed by atoms with van der Waals surface area (Å²) in [5.41, 5.74) is -1.00. The van der Waals surface area contributed by atoms with E-state index >= 15 is 0 Å². The van der Waals surface area contributed by atoms with E-state index in [-0.39, 0.29) is 36.0 Å². The van der Waals surface area contributed by atoms with Crippen LogP contribution in [0.25, 0.3) is 0 Å². The van der Waals surface area contributed by atoms with Gasteiger partial charge in [-0.25, -0.2) is 18.4 Å². The first-order chi connectivity index (χ1) is 15.1. The van der Waals surface area contributed by atoms with Crippen molar-refractivity contribution in [2.24, 2.45) is 13.0 Å². The summed E-state index contributed by atoms with van der Waals surface area (Å²) in [5, 5.41) is 2.43. The normalized spacial score (nSPS) is 25.2. The van der Waals surface area contributed by atoms with Gasteiger partial charge in [-0.05, 0) is 25.3 Å². The van der Waals surface area contributed by atoms with E-state index in [1.807, 2.05) is 0 Å². The molecule has 1 N–H and O–H groups in total. The molecular weight excluding hydrogens is 471 g/mol. The highest BCUT2D eigenvalue weighted by Crippen LogP contribution is 2.37. The monoisotopic (exact) mass is 493 g/mol. The number of aryl methyl sites for hydroxylation is 1. The topological polar surface area (TPSA) is 89.4 Å². The zero-order valence-corrected chi connectivity index (χ0v) is 18.8. The second-order valence-corrected chi connectivity index (χ2v) is 10.4. The standard InChI is InChI=1S/C19H23ClF3N5O3S/c1-27-10-18(25-11-27)32(29,30)28-8-12(16-4-2-3-5-31-16)15(9-28)26-17-6-13(19(21,22)23)14(20)7-24-17/h6-7,10-12,15-16H,2-5,8-9H2,1H3,(H,24,26)/t12-,15-,16?/m1/s1. The molecule has 2 fully saturated rings. The van der Waals surface area contributed by atoms with Crippen molar-refractivity contribution in [3.8, 4) is 0 Å². The first-order valence-corrected chi connectivity index (χ1v) is 12.0. The summed E-state index contributed by atoms with van der Waals surface area (Å²) in [6.45, 7) is 0.786. The molecule has 0 spiro atoms. The van der Waals surface area contributed by atoms with Crippen molar-refractivity contribution >= 4 is 27.4 Å². The van der Waals surface area contributed by atoms with Crippen LogP contribution in [-0.2, 0) is 28.0 Å². The SMILES string of the molecule is Cn1cnc(S(=O)(=O)N2C[C@@H](Nc3cc(C(F)(F)F)c(Cl)cn3)[C@H](C3CCCCO3)C2)c1. The zero-order valence-electron chi connectivity index (χ0n) is 17.2. The number of rotatable bonds is 5. The van der Waals surface area contributed by atoms with Gasteiger partial charge < -0.3 is 14.6 Å². The second kappa shape index (κ2) is 8.81. The number of ether oxygens (including phenoxy) is 1. The van der Waals surface area contributed by atoms with Crippen LogP contribution in [-0.4, -0.2) is 59.1 Å². The number of alkyl halides is 3. The number of pyridine rings is 1. The summed E-state index contributed by atoms with van der Waals surface area (Å²) in [5.74, 6) is -0.287. The maximum Gasteiger partial charge on any atom is 0.418 e. The van der Waals surface area contributed by atoms with Crippen LogP contribution in [0.3, 0.4) is 0 Å². The molecule has 0 radical (unpaired) electrons. The molecule has 2 aliphatic heterocycles. The summed E-state index contributed by atoms with van der Waals surface area (Å²) < 4.78 is 74.7. The quantitative estimate of drug-likeness (QED) is 0.688. The minimum absolute atomic E-state index is 0.0235. The minimum atomic E-state index is -4.63. The summed E-state index contributed by atoms with van der Waals surface area (Å²) in [7, 11) is -2.20. The van der Waals surface area contributed by atoms with E-state index in [0.29, 0.717) is 6.61 Å². The van der Waals surface area contributed by atoms with Crippen molar-refractivity contribution in [3.63, 3.8) is 0 Å². The smallest absolute Gasteiger partial charge is 0.378 e. The first-order valence-electron chi connectivity index (χ1n) is 10.1. The summed E-state index contributed by atoms with van der Waals surface area (Å²) in [6.07, 6.45) is 1.53. The predicted octanol–water partition coefficient (Wildman–Crippen LogP) is 3.16. The highest BCUT2D eigenvalue weighted by Gasteiger charge is 2.44. The lowest BCUT2D eigenvalue weighted by atomic mass is 9.91. The number of anilines is 1. The molecular formula is C19H23ClF3N5O3S. The number of aromatic nitrogens is 3. The zero-order chi connectivity index (χ0) is 23.1. The van der Waals surface area contributed by atoms with Crippen molar-refractivity contribution in [3.05, 3.63) is 35.4 Å². The number of hydrogen-bond donors (Lipinski definition) is 1. The number of halogens is 4. The molecule has 0 bridgehead atoms.